The van der Waals surface area contributed by atoms with Crippen LogP contribution in [0.15, 0.2) is 18.5 Å². The van der Waals surface area contributed by atoms with Crippen molar-refractivity contribution in [2.45, 2.75) is 33.1 Å². The minimum absolute atomic E-state index is 0.380. The van der Waals surface area contributed by atoms with E-state index in [-0.39, 0.29) is 0 Å². The van der Waals surface area contributed by atoms with E-state index in [0.29, 0.717) is 11.8 Å². The van der Waals surface area contributed by atoms with E-state index < -0.39 is 0 Å². The van der Waals surface area contributed by atoms with Crippen molar-refractivity contribution in [2.24, 2.45) is 5.92 Å². The van der Waals surface area contributed by atoms with Gasteiger partial charge in [-0.1, -0.05) is 27.2 Å². The van der Waals surface area contributed by atoms with E-state index in [0.717, 1.165) is 29.1 Å². The second-order valence-corrected chi connectivity index (χ2v) is 4.90. The highest BCUT2D eigenvalue weighted by Gasteiger charge is 2.20. The van der Waals surface area contributed by atoms with E-state index in [1.807, 2.05) is 12.3 Å². The summed E-state index contributed by atoms with van der Waals surface area (Å²) in [6, 6.07) is 2.02. The Morgan fingerprint density at radius 2 is 2.17 bits per heavy atom. The van der Waals surface area contributed by atoms with Crippen LogP contribution in [0.4, 0.5) is 0 Å². The van der Waals surface area contributed by atoms with E-state index in [9.17, 15) is 0 Å². The fourth-order valence-corrected chi connectivity index (χ4v) is 2.30. The minimum Gasteiger partial charge on any atom is -0.345 e. The van der Waals surface area contributed by atoms with E-state index in [4.69, 9.17) is 0 Å². The molecule has 0 aliphatic rings. The second kappa shape index (κ2) is 4.08. The Labute approximate surface area is 105 Å². The summed E-state index contributed by atoms with van der Waals surface area (Å²) in [5, 5.41) is 8.58. The number of H-pyrrole nitrogens is 1. The number of hydrogen-bond acceptors (Lipinski definition) is 3. The van der Waals surface area contributed by atoms with Crippen molar-refractivity contribution in [1.82, 2.24) is 24.6 Å². The molecular weight excluding hydrogens is 226 g/mol. The molecule has 2 atom stereocenters. The average Bonchev–Trinajstić information content (AvgIpc) is 3.01. The van der Waals surface area contributed by atoms with Crippen LogP contribution < -0.4 is 0 Å². The average molecular weight is 243 g/mol. The van der Waals surface area contributed by atoms with E-state index >= 15 is 0 Å². The molecule has 3 aromatic rings. The van der Waals surface area contributed by atoms with Gasteiger partial charge in [0.15, 0.2) is 11.3 Å². The van der Waals surface area contributed by atoms with Crippen LogP contribution >= 0.6 is 0 Å². The molecule has 3 aromatic heterocycles. The second-order valence-electron chi connectivity index (χ2n) is 4.90. The van der Waals surface area contributed by atoms with Gasteiger partial charge in [0.05, 0.1) is 11.7 Å². The maximum absolute atomic E-state index is 4.35. The summed E-state index contributed by atoms with van der Waals surface area (Å²) in [4.78, 5) is 7.45. The van der Waals surface area contributed by atoms with Gasteiger partial charge in [0.1, 0.15) is 5.82 Å². The first-order valence-electron chi connectivity index (χ1n) is 6.39. The normalized spacial score (nSPS) is 15.3. The standard InChI is InChI=1S/C13H17N5/c1-4-8(2)9(3)13-17-16-11-7-15-12-10(18(11)13)5-6-14-12/h5-9,14H,4H2,1-3H3/t8-,9-/m0/s1. The molecule has 0 fully saturated rings. The van der Waals surface area contributed by atoms with Crippen molar-refractivity contribution in [3.05, 3.63) is 24.3 Å². The molecule has 0 radical (unpaired) electrons. The summed E-state index contributed by atoms with van der Waals surface area (Å²) in [6.45, 7) is 6.67. The van der Waals surface area contributed by atoms with Crippen LogP contribution in [0.25, 0.3) is 16.8 Å². The molecule has 5 nitrogen and oxygen atoms in total. The zero-order valence-electron chi connectivity index (χ0n) is 10.9. The lowest BCUT2D eigenvalue weighted by molar-refractivity contribution is 0.453. The summed E-state index contributed by atoms with van der Waals surface area (Å²) in [7, 11) is 0. The maximum Gasteiger partial charge on any atom is 0.179 e. The Morgan fingerprint density at radius 3 is 2.94 bits per heavy atom. The third-order valence-corrected chi connectivity index (χ3v) is 3.87. The molecule has 0 aliphatic carbocycles. The van der Waals surface area contributed by atoms with Gasteiger partial charge in [-0.05, 0) is 12.0 Å². The summed E-state index contributed by atoms with van der Waals surface area (Å²) in [5.41, 5.74) is 2.73. The van der Waals surface area contributed by atoms with Crippen LogP contribution in [0.5, 0.6) is 0 Å². The number of fused-ring (bicyclic) bond motifs is 3. The minimum atomic E-state index is 0.380. The van der Waals surface area contributed by atoms with Crippen molar-refractivity contribution in [3.63, 3.8) is 0 Å². The number of rotatable bonds is 3. The first-order valence-corrected chi connectivity index (χ1v) is 6.39. The zero-order valence-corrected chi connectivity index (χ0v) is 10.9. The van der Waals surface area contributed by atoms with Crippen LogP contribution in [0.2, 0.25) is 0 Å². The molecule has 0 spiro atoms. The molecule has 1 N–H and O–H groups in total. The molecule has 18 heavy (non-hydrogen) atoms. The Morgan fingerprint density at radius 1 is 1.33 bits per heavy atom. The third kappa shape index (κ3) is 1.50. The third-order valence-electron chi connectivity index (χ3n) is 3.87. The first kappa shape index (κ1) is 11.2. The number of hydrogen-bond donors (Lipinski definition) is 1. The molecule has 3 rings (SSSR count). The van der Waals surface area contributed by atoms with Crippen LogP contribution in [0, 0.1) is 5.92 Å². The molecule has 3 heterocycles. The summed E-state index contributed by atoms with van der Waals surface area (Å²) < 4.78 is 2.11. The van der Waals surface area contributed by atoms with Crippen LogP contribution in [0.3, 0.4) is 0 Å². The molecule has 5 heteroatoms. The summed E-state index contributed by atoms with van der Waals surface area (Å²) >= 11 is 0. The quantitative estimate of drug-likeness (QED) is 0.769. The monoisotopic (exact) mass is 243 g/mol. The predicted molar refractivity (Wildman–Crippen MR) is 70.5 cm³/mol. The molecule has 0 aromatic carbocycles. The Balaban J connectivity index is 2.26. The highest BCUT2D eigenvalue weighted by Crippen LogP contribution is 2.26. The molecule has 0 bridgehead atoms. The smallest absolute Gasteiger partial charge is 0.179 e. The van der Waals surface area contributed by atoms with Gasteiger partial charge >= 0.3 is 0 Å². The van der Waals surface area contributed by atoms with Crippen molar-refractivity contribution >= 4 is 16.8 Å². The van der Waals surface area contributed by atoms with Gasteiger partial charge in [-0.3, -0.25) is 4.40 Å². The molecule has 0 saturated carbocycles. The summed E-state index contributed by atoms with van der Waals surface area (Å²) in [5.74, 6) is 1.98. The molecule has 0 saturated heterocycles. The fourth-order valence-electron chi connectivity index (χ4n) is 2.30. The van der Waals surface area contributed by atoms with Crippen molar-refractivity contribution in [1.29, 1.82) is 0 Å². The molecular formula is C13H17N5. The van der Waals surface area contributed by atoms with Gasteiger partial charge in [0.2, 0.25) is 0 Å². The van der Waals surface area contributed by atoms with Crippen molar-refractivity contribution < 1.29 is 0 Å². The molecule has 0 amide bonds. The number of nitrogens with zero attached hydrogens (tertiary/aromatic N) is 4. The van der Waals surface area contributed by atoms with Gasteiger partial charge in [-0.25, -0.2) is 4.98 Å². The lowest BCUT2D eigenvalue weighted by Gasteiger charge is -2.16. The molecule has 0 unspecified atom stereocenters. The number of aromatic amines is 1. The SMILES string of the molecule is CC[C@H](C)[C@H](C)c1nnc2cnc3[nH]ccc3n12. The highest BCUT2D eigenvalue weighted by atomic mass is 15.3. The van der Waals surface area contributed by atoms with E-state index in [1.165, 1.54) is 0 Å². The largest absolute Gasteiger partial charge is 0.345 e. The number of aromatic nitrogens is 5. The lowest BCUT2D eigenvalue weighted by atomic mass is 9.93. The first-order chi connectivity index (χ1) is 8.72. The number of nitrogens with one attached hydrogen (secondary N) is 1. The zero-order chi connectivity index (χ0) is 12.7. The molecule has 94 valence electrons. The summed E-state index contributed by atoms with van der Waals surface area (Å²) in [6.07, 6.45) is 4.80. The highest BCUT2D eigenvalue weighted by molar-refractivity contribution is 5.74. The Kier molecular flexibility index (Phi) is 2.54. The maximum atomic E-state index is 4.35. The Hall–Kier alpha value is -1.91. The fraction of sp³-hybridized carbons (Fsp3) is 0.462. The van der Waals surface area contributed by atoms with Crippen LogP contribution in [-0.4, -0.2) is 24.6 Å². The van der Waals surface area contributed by atoms with Gasteiger partial charge in [-0.15, -0.1) is 10.2 Å². The van der Waals surface area contributed by atoms with E-state index in [2.05, 4.69) is 45.3 Å². The van der Waals surface area contributed by atoms with Gasteiger partial charge < -0.3 is 4.98 Å². The predicted octanol–water partition coefficient (Wildman–Crippen LogP) is 2.76. The van der Waals surface area contributed by atoms with E-state index in [1.54, 1.807) is 6.20 Å². The lowest BCUT2D eigenvalue weighted by Crippen LogP contribution is -2.09. The van der Waals surface area contributed by atoms with Gasteiger partial charge in [0, 0.05) is 12.1 Å². The topological polar surface area (TPSA) is 58.9 Å². The molecule has 0 aliphatic heterocycles. The van der Waals surface area contributed by atoms with Gasteiger partial charge in [-0.2, -0.15) is 0 Å². The van der Waals surface area contributed by atoms with Crippen LogP contribution in [0.1, 0.15) is 38.9 Å². The van der Waals surface area contributed by atoms with Crippen LogP contribution in [-0.2, 0) is 0 Å². The van der Waals surface area contributed by atoms with Crippen molar-refractivity contribution in [3.8, 4) is 0 Å². The Bertz CT molecular complexity index is 681. The van der Waals surface area contributed by atoms with Gasteiger partial charge in [0.25, 0.3) is 0 Å². The van der Waals surface area contributed by atoms with Crippen molar-refractivity contribution in [2.75, 3.05) is 0 Å².